The van der Waals surface area contributed by atoms with Crippen LogP contribution < -0.4 is 10.6 Å². The minimum Gasteiger partial charge on any atom is -0.300 e. The summed E-state index contributed by atoms with van der Waals surface area (Å²) in [5, 5.41) is 25.4. The third kappa shape index (κ3) is 6.76. The zero-order valence-electron chi connectivity index (χ0n) is 19.5. The van der Waals surface area contributed by atoms with E-state index in [0.29, 0.717) is 28.5 Å². The monoisotopic (exact) mass is 519 g/mol. The number of carbonyl (C=O) groups is 2. The van der Waals surface area contributed by atoms with E-state index >= 15 is 0 Å². The third-order valence-electron chi connectivity index (χ3n) is 5.96. The fourth-order valence-corrected chi connectivity index (χ4v) is 5.99. The average molecular weight is 520 g/mol. The first-order chi connectivity index (χ1) is 17.6. The molecule has 0 atom stereocenters. The van der Waals surface area contributed by atoms with Gasteiger partial charge in [-0.2, -0.15) is 0 Å². The van der Waals surface area contributed by atoms with Gasteiger partial charge in [-0.3, -0.25) is 14.6 Å². The molecule has 11 heteroatoms. The molecule has 0 saturated heterocycles. The number of anilines is 2. The maximum absolute atomic E-state index is 12.2. The molecule has 1 aliphatic carbocycles. The number of amides is 2. The first-order valence-electron chi connectivity index (χ1n) is 11.8. The molecule has 0 bridgehead atoms. The van der Waals surface area contributed by atoms with Gasteiger partial charge in [0.1, 0.15) is 10.0 Å². The summed E-state index contributed by atoms with van der Waals surface area (Å²) < 4.78 is 0. The van der Waals surface area contributed by atoms with Crippen LogP contribution in [-0.2, 0) is 35.3 Å². The lowest BCUT2D eigenvalue weighted by Gasteiger charge is -2.34. The molecule has 4 aromatic rings. The van der Waals surface area contributed by atoms with Gasteiger partial charge in [-0.1, -0.05) is 59.1 Å². The molecular weight excluding hydrogens is 494 g/mol. The summed E-state index contributed by atoms with van der Waals surface area (Å²) >= 11 is 2.87. The lowest BCUT2D eigenvalue weighted by Crippen LogP contribution is -2.27. The smallest absolute Gasteiger partial charge is 0.232 e. The topological polar surface area (TPSA) is 123 Å². The van der Waals surface area contributed by atoms with Crippen LogP contribution in [0.25, 0.3) is 0 Å². The number of nitrogens with zero attached hydrogens (tertiary/aromatic N) is 5. The molecule has 3 aromatic heterocycles. The highest BCUT2D eigenvalue weighted by molar-refractivity contribution is 7.15. The van der Waals surface area contributed by atoms with Gasteiger partial charge in [0.25, 0.3) is 0 Å². The summed E-state index contributed by atoms with van der Waals surface area (Å²) in [5.41, 5.74) is 1.69. The highest BCUT2D eigenvalue weighted by atomic mass is 32.1. The van der Waals surface area contributed by atoms with Gasteiger partial charge in [-0.05, 0) is 42.4 Å². The fourth-order valence-electron chi connectivity index (χ4n) is 4.25. The summed E-state index contributed by atoms with van der Waals surface area (Å²) in [7, 11) is 0. The van der Waals surface area contributed by atoms with E-state index in [-0.39, 0.29) is 18.2 Å². The van der Waals surface area contributed by atoms with E-state index in [1.807, 2.05) is 48.5 Å². The van der Waals surface area contributed by atoms with Crippen molar-refractivity contribution < 1.29 is 9.59 Å². The van der Waals surface area contributed by atoms with Crippen LogP contribution in [0, 0.1) is 11.8 Å². The second kappa shape index (κ2) is 11.4. The number of benzene rings is 1. The lowest BCUT2D eigenvalue weighted by atomic mass is 9.72. The van der Waals surface area contributed by atoms with Crippen LogP contribution in [0.4, 0.5) is 10.3 Å². The Morgan fingerprint density at radius 1 is 0.750 bits per heavy atom. The average Bonchev–Trinajstić information content (AvgIpc) is 3.48. The molecule has 2 N–H and O–H groups in total. The van der Waals surface area contributed by atoms with Gasteiger partial charge in [0, 0.05) is 24.7 Å². The Morgan fingerprint density at radius 2 is 1.33 bits per heavy atom. The molecule has 1 saturated carbocycles. The van der Waals surface area contributed by atoms with Crippen molar-refractivity contribution in [3.8, 4) is 0 Å². The maximum Gasteiger partial charge on any atom is 0.232 e. The molecule has 9 nitrogen and oxygen atoms in total. The van der Waals surface area contributed by atoms with E-state index in [2.05, 4.69) is 36.0 Å². The highest BCUT2D eigenvalue weighted by Gasteiger charge is 2.31. The molecular formula is C25H25N7O2S2. The number of rotatable bonds is 10. The first kappa shape index (κ1) is 24.1. The second-order valence-electron chi connectivity index (χ2n) is 8.87. The van der Waals surface area contributed by atoms with Gasteiger partial charge in [0.15, 0.2) is 0 Å². The number of carbonyl (C=O) groups excluding carboxylic acids is 2. The molecule has 0 aliphatic heterocycles. The third-order valence-corrected chi connectivity index (χ3v) is 7.68. The Bertz CT molecular complexity index is 1200. The first-order valence-corrected chi connectivity index (χ1v) is 13.4. The van der Waals surface area contributed by atoms with Crippen LogP contribution in [0.5, 0.6) is 0 Å². The summed E-state index contributed by atoms with van der Waals surface area (Å²) in [4.78, 5) is 28.6. The fraction of sp³-hybridized carbons (Fsp3) is 0.320. The largest absolute Gasteiger partial charge is 0.300 e. The molecule has 0 radical (unpaired) electrons. The van der Waals surface area contributed by atoms with Crippen molar-refractivity contribution in [3.05, 3.63) is 76.0 Å². The molecule has 0 spiro atoms. The van der Waals surface area contributed by atoms with Crippen LogP contribution in [0.3, 0.4) is 0 Å². The zero-order valence-corrected chi connectivity index (χ0v) is 21.1. The molecule has 0 unspecified atom stereocenters. The standard InChI is InChI=1S/C25H25N7O2S2/c33-20(12-16-6-2-1-3-7-16)27-24-31-29-22(35-24)13-17-10-18(11-17)14-23-30-32-25(36-23)28-21(34)15-19-8-4-5-9-26-19/h1-9,17-18H,10-15H2,(H,27,31,33)(H,28,32,34). The Morgan fingerprint density at radius 3 is 1.92 bits per heavy atom. The van der Waals surface area contributed by atoms with Crippen molar-refractivity contribution >= 4 is 44.8 Å². The minimum absolute atomic E-state index is 0.0862. The van der Waals surface area contributed by atoms with Gasteiger partial charge in [-0.25, -0.2) is 0 Å². The van der Waals surface area contributed by atoms with Crippen molar-refractivity contribution in [1.29, 1.82) is 0 Å². The minimum atomic E-state index is -0.146. The number of hydrogen-bond donors (Lipinski definition) is 2. The Balaban J connectivity index is 1.02. The van der Waals surface area contributed by atoms with E-state index in [4.69, 9.17) is 0 Å². The van der Waals surface area contributed by atoms with Crippen molar-refractivity contribution in [1.82, 2.24) is 25.4 Å². The van der Waals surface area contributed by atoms with Gasteiger partial charge < -0.3 is 10.6 Å². The van der Waals surface area contributed by atoms with Crippen molar-refractivity contribution in [2.75, 3.05) is 10.6 Å². The molecule has 1 fully saturated rings. The number of hydrogen-bond acceptors (Lipinski definition) is 9. The molecule has 184 valence electrons. The molecule has 3 heterocycles. The van der Waals surface area contributed by atoms with Crippen molar-refractivity contribution in [2.24, 2.45) is 11.8 Å². The SMILES string of the molecule is O=C(Cc1ccccc1)Nc1nnc(CC2CC(Cc3nnc(NC(=O)Cc4ccccn4)s3)C2)s1. The van der Waals surface area contributed by atoms with Gasteiger partial charge >= 0.3 is 0 Å². The predicted molar refractivity (Wildman–Crippen MR) is 139 cm³/mol. The number of aromatic nitrogens is 5. The Hall–Kier alpha value is -3.57. The zero-order chi connectivity index (χ0) is 24.7. The Kier molecular flexibility index (Phi) is 7.67. The summed E-state index contributed by atoms with van der Waals surface area (Å²) in [5.74, 6) is 0.879. The molecule has 1 aliphatic rings. The van der Waals surface area contributed by atoms with E-state index in [9.17, 15) is 9.59 Å². The van der Waals surface area contributed by atoms with Crippen molar-refractivity contribution in [3.63, 3.8) is 0 Å². The summed E-state index contributed by atoms with van der Waals surface area (Å²) in [6.45, 7) is 0. The summed E-state index contributed by atoms with van der Waals surface area (Å²) in [6, 6.07) is 15.1. The molecule has 2 amide bonds. The van der Waals surface area contributed by atoms with E-state index in [1.165, 1.54) is 22.7 Å². The van der Waals surface area contributed by atoms with Gasteiger partial charge in [0.05, 0.1) is 12.8 Å². The van der Waals surface area contributed by atoms with Crippen LogP contribution >= 0.6 is 22.7 Å². The normalized spacial score (nSPS) is 16.8. The molecule has 36 heavy (non-hydrogen) atoms. The molecule has 1 aromatic carbocycles. The van der Waals surface area contributed by atoms with Gasteiger partial charge in [-0.15, -0.1) is 20.4 Å². The van der Waals surface area contributed by atoms with Crippen LogP contribution in [0.15, 0.2) is 54.7 Å². The summed E-state index contributed by atoms with van der Waals surface area (Å²) in [6.07, 6.45) is 6.12. The number of pyridine rings is 1. The van der Waals surface area contributed by atoms with E-state index in [1.54, 1.807) is 6.20 Å². The Labute approximate surface area is 216 Å². The van der Waals surface area contributed by atoms with E-state index < -0.39 is 0 Å². The number of nitrogens with one attached hydrogen (secondary N) is 2. The van der Waals surface area contributed by atoms with Gasteiger partial charge in [0.2, 0.25) is 22.1 Å². The highest BCUT2D eigenvalue weighted by Crippen LogP contribution is 2.39. The van der Waals surface area contributed by atoms with Crippen LogP contribution in [-0.4, -0.2) is 37.2 Å². The quantitative estimate of drug-likeness (QED) is 0.325. The van der Waals surface area contributed by atoms with Crippen molar-refractivity contribution in [2.45, 2.75) is 38.5 Å². The lowest BCUT2D eigenvalue weighted by molar-refractivity contribution is -0.116. The van der Waals surface area contributed by atoms with Crippen LogP contribution in [0.1, 0.15) is 34.1 Å². The molecule has 5 rings (SSSR count). The second-order valence-corrected chi connectivity index (χ2v) is 11.0. The van der Waals surface area contributed by atoms with E-state index in [0.717, 1.165) is 47.0 Å². The van der Waals surface area contributed by atoms with Crippen LogP contribution in [0.2, 0.25) is 0 Å². The predicted octanol–water partition coefficient (Wildman–Crippen LogP) is 3.96. The maximum atomic E-state index is 12.2.